The molecule has 0 unspecified atom stereocenters. The van der Waals surface area contributed by atoms with E-state index >= 15 is 0 Å². The van der Waals surface area contributed by atoms with E-state index < -0.39 is 5.82 Å². The van der Waals surface area contributed by atoms with Gasteiger partial charge in [-0.25, -0.2) is 4.39 Å². The number of nitrogens with two attached hydrogens (primary N) is 1. The highest BCUT2D eigenvalue weighted by atomic mass is 19.1. The van der Waals surface area contributed by atoms with Crippen LogP contribution < -0.4 is 10.5 Å². The minimum Gasteiger partial charge on any atom is -0.494 e. The summed E-state index contributed by atoms with van der Waals surface area (Å²) in [4.78, 5) is 3.94. The van der Waals surface area contributed by atoms with E-state index in [1.165, 1.54) is 7.11 Å². The fourth-order valence-electron chi connectivity index (χ4n) is 1.24. The summed E-state index contributed by atoms with van der Waals surface area (Å²) >= 11 is 0. The van der Waals surface area contributed by atoms with Crippen molar-refractivity contribution in [3.63, 3.8) is 0 Å². The van der Waals surface area contributed by atoms with Gasteiger partial charge in [-0.3, -0.25) is 4.98 Å². The molecule has 4 heteroatoms. The summed E-state index contributed by atoms with van der Waals surface area (Å²) in [6, 6.07) is 1.57. The Morgan fingerprint density at radius 3 is 2.85 bits per heavy atom. The normalized spacial score (nSPS) is 18.4. The van der Waals surface area contributed by atoms with E-state index in [1.807, 2.05) is 0 Å². The van der Waals surface area contributed by atoms with Crippen molar-refractivity contribution in [2.24, 2.45) is 5.73 Å². The maximum atomic E-state index is 13.0. The first-order valence-electron chi connectivity index (χ1n) is 4.14. The number of ether oxygens (including phenoxy) is 1. The molecule has 3 nitrogen and oxygen atoms in total. The Morgan fingerprint density at radius 1 is 1.62 bits per heavy atom. The molecular formula is C9H11FN2O. The molecule has 2 N–H and O–H groups in total. The van der Waals surface area contributed by atoms with Gasteiger partial charge < -0.3 is 10.5 Å². The lowest BCUT2D eigenvalue weighted by Crippen LogP contribution is -2.20. The van der Waals surface area contributed by atoms with E-state index in [0.717, 1.165) is 19.0 Å². The van der Waals surface area contributed by atoms with Crippen molar-refractivity contribution in [3.8, 4) is 5.75 Å². The van der Waals surface area contributed by atoms with Crippen LogP contribution >= 0.6 is 0 Å². The third kappa shape index (κ3) is 1.37. The highest BCUT2D eigenvalue weighted by molar-refractivity contribution is 5.31. The minimum absolute atomic E-state index is 0.210. The number of pyridine rings is 1. The fourth-order valence-corrected chi connectivity index (χ4v) is 1.24. The highest BCUT2D eigenvalue weighted by Gasteiger charge is 2.41. The Hall–Kier alpha value is -1.16. The predicted molar refractivity (Wildman–Crippen MR) is 45.8 cm³/mol. The molecule has 0 amide bonds. The zero-order valence-electron chi connectivity index (χ0n) is 7.38. The van der Waals surface area contributed by atoms with Gasteiger partial charge in [0.2, 0.25) is 0 Å². The van der Waals surface area contributed by atoms with E-state index in [4.69, 9.17) is 10.5 Å². The van der Waals surface area contributed by atoms with Gasteiger partial charge in [0.15, 0.2) is 11.6 Å². The molecule has 0 radical (unpaired) electrons. The minimum atomic E-state index is -0.449. The van der Waals surface area contributed by atoms with E-state index in [1.54, 1.807) is 6.07 Å². The Labute approximate surface area is 75.7 Å². The van der Waals surface area contributed by atoms with Crippen LogP contribution in [0.3, 0.4) is 0 Å². The van der Waals surface area contributed by atoms with Gasteiger partial charge in [-0.05, 0) is 12.8 Å². The van der Waals surface area contributed by atoms with Crippen LogP contribution in [-0.2, 0) is 5.54 Å². The van der Waals surface area contributed by atoms with Crippen molar-refractivity contribution in [1.29, 1.82) is 0 Å². The molecule has 1 aliphatic rings. The summed E-state index contributed by atoms with van der Waals surface area (Å²) in [6.45, 7) is 0. The zero-order chi connectivity index (χ0) is 9.47. The first kappa shape index (κ1) is 8.44. The maximum Gasteiger partial charge on any atom is 0.183 e. The first-order chi connectivity index (χ1) is 6.15. The quantitative estimate of drug-likeness (QED) is 0.747. The Morgan fingerprint density at radius 2 is 2.31 bits per heavy atom. The molecule has 1 saturated carbocycles. The summed E-state index contributed by atoms with van der Waals surface area (Å²) < 4.78 is 17.8. The highest BCUT2D eigenvalue weighted by Crippen LogP contribution is 2.42. The number of halogens is 1. The summed E-state index contributed by atoms with van der Waals surface area (Å²) in [6.07, 6.45) is 2.98. The molecule has 1 aromatic rings. The fraction of sp³-hybridized carbons (Fsp3) is 0.444. The average molecular weight is 182 g/mol. The number of nitrogens with zero attached hydrogens (tertiary/aromatic N) is 1. The van der Waals surface area contributed by atoms with Crippen LogP contribution in [0, 0.1) is 5.82 Å². The van der Waals surface area contributed by atoms with Crippen LogP contribution in [0.15, 0.2) is 12.3 Å². The zero-order valence-corrected chi connectivity index (χ0v) is 7.38. The molecule has 1 heterocycles. The van der Waals surface area contributed by atoms with Gasteiger partial charge in [-0.2, -0.15) is 0 Å². The monoisotopic (exact) mass is 182 g/mol. The first-order valence-corrected chi connectivity index (χ1v) is 4.14. The number of rotatable bonds is 2. The number of methoxy groups -OCH3 is 1. The van der Waals surface area contributed by atoms with Gasteiger partial charge in [0, 0.05) is 6.07 Å². The summed E-state index contributed by atoms with van der Waals surface area (Å²) in [5.41, 5.74) is 6.28. The van der Waals surface area contributed by atoms with Crippen molar-refractivity contribution in [1.82, 2.24) is 4.98 Å². The third-order valence-electron chi connectivity index (χ3n) is 2.34. The van der Waals surface area contributed by atoms with Crippen LogP contribution in [0.4, 0.5) is 4.39 Å². The topological polar surface area (TPSA) is 48.1 Å². The van der Waals surface area contributed by atoms with E-state index in [-0.39, 0.29) is 11.3 Å². The molecule has 0 aliphatic heterocycles. The van der Waals surface area contributed by atoms with Crippen LogP contribution in [0.5, 0.6) is 5.75 Å². The summed E-state index contributed by atoms with van der Waals surface area (Å²) in [5, 5.41) is 0. The molecule has 1 fully saturated rings. The molecule has 2 rings (SSSR count). The lowest BCUT2D eigenvalue weighted by Gasteiger charge is -2.09. The smallest absolute Gasteiger partial charge is 0.183 e. The Bertz CT molecular complexity index is 336. The molecule has 0 aromatic carbocycles. The number of hydrogen-bond donors (Lipinski definition) is 1. The third-order valence-corrected chi connectivity index (χ3v) is 2.34. The van der Waals surface area contributed by atoms with E-state index in [9.17, 15) is 4.39 Å². The van der Waals surface area contributed by atoms with Gasteiger partial charge in [-0.1, -0.05) is 0 Å². The second kappa shape index (κ2) is 2.67. The van der Waals surface area contributed by atoms with Crippen LogP contribution in [0.1, 0.15) is 18.5 Å². The lowest BCUT2D eigenvalue weighted by atomic mass is 10.2. The number of aromatic nitrogens is 1. The van der Waals surface area contributed by atoms with Crippen LogP contribution in [0.2, 0.25) is 0 Å². The van der Waals surface area contributed by atoms with Crippen molar-refractivity contribution < 1.29 is 9.13 Å². The second-order valence-electron chi connectivity index (χ2n) is 3.36. The van der Waals surface area contributed by atoms with E-state index in [0.29, 0.717) is 5.69 Å². The van der Waals surface area contributed by atoms with Gasteiger partial charge in [0.25, 0.3) is 0 Å². The van der Waals surface area contributed by atoms with Crippen molar-refractivity contribution in [2.45, 2.75) is 18.4 Å². The summed E-state index contributed by atoms with van der Waals surface area (Å²) in [5.74, 6) is -0.239. The molecule has 0 atom stereocenters. The molecule has 13 heavy (non-hydrogen) atoms. The molecule has 1 aromatic heterocycles. The molecule has 1 aliphatic carbocycles. The molecule has 70 valence electrons. The average Bonchev–Trinajstić information content (AvgIpc) is 2.86. The SMILES string of the molecule is COc1cc(C2(N)CC2)ncc1F. The lowest BCUT2D eigenvalue weighted by molar-refractivity contribution is 0.383. The molecule has 0 spiro atoms. The molecule has 0 bridgehead atoms. The van der Waals surface area contributed by atoms with Crippen LogP contribution in [0.25, 0.3) is 0 Å². The molecule has 0 saturated heterocycles. The summed E-state index contributed by atoms with van der Waals surface area (Å²) in [7, 11) is 1.43. The van der Waals surface area contributed by atoms with Crippen molar-refractivity contribution in [2.75, 3.05) is 7.11 Å². The standard InChI is InChI=1S/C9H11FN2O/c1-13-7-4-8(9(11)2-3-9)12-5-6(7)10/h4-5H,2-3,11H2,1H3. The van der Waals surface area contributed by atoms with Gasteiger partial charge in [-0.15, -0.1) is 0 Å². The van der Waals surface area contributed by atoms with Crippen LogP contribution in [-0.4, -0.2) is 12.1 Å². The second-order valence-corrected chi connectivity index (χ2v) is 3.36. The van der Waals surface area contributed by atoms with E-state index in [2.05, 4.69) is 4.98 Å². The van der Waals surface area contributed by atoms with Crippen molar-refractivity contribution in [3.05, 3.63) is 23.8 Å². The van der Waals surface area contributed by atoms with Crippen molar-refractivity contribution >= 4 is 0 Å². The van der Waals surface area contributed by atoms with Gasteiger partial charge in [0.05, 0.1) is 24.5 Å². The predicted octanol–water partition coefficient (Wildman–Crippen LogP) is 1.18. The largest absolute Gasteiger partial charge is 0.494 e. The van der Waals surface area contributed by atoms with Gasteiger partial charge >= 0.3 is 0 Å². The Balaban J connectivity index is 2.39. The molecular weight excluding hydrogens is 171 g/mol. The Kier molecular flexibility index (Phi) is 1.73. The maximum absolute atomic E-state index is 13.0. The van der Waals surface area contributed by atoms with Gasteiger partial charge in [0.1, 0.15) is 0 Å². The number of hydrogen-bond acceptors (Lipinski definition) is 3.